The third-order valence-electron chi connectivity index (χ3n) is 11.7. The summed E-state index contributed by atoms with van der Waals surface area (Å²) in [5.74, 6) is 1.65. The normalized spacial score (nSPS) is 11.5. The largest absolute Gasteiger partial charge is 0.293 e. The van der Waals surface area contributed by atoms with Gasteiger partial charge in [-0.3, -0.25) is 9.13 Å². The van der Waals surface area contributed by atoms with Crippen LogP contribution in [0.15, 0.2) is 213 Å². The van der Waals surface area contributed by atoms with E-state index in [2.05, 4.69) is 167 Å². The summed E-state index contributed by atoms with van der Waals surface area (Å²) in [5, 5.41) is 4.38. The molecule has 0 aliphatic rings. The summed E-state index contributed by atoms with van der Waals surface area (Å²) in [5.41, 5.74) is 12.4. The van der Waals surface area contributed by atoms with E-state index in [1.807, 2.05) is 54.9 Å². The Bertz CT molecular complexity index is 3310. The highest BCUT2D eigenvalue weighted by molar-refractivity contribution is 6.10. The number of pyridine rings is 2. The van der Waals surface area contributed by atoms with Crippen LogP contribution in [0.4, 0.5) is 0 Å². The average molecular weight is 794 g/mol. The lowest BCUT2D eigenvalue weighted by atomic mass is 9.98. The zero-order valence-electron chi connectivity index (χ0n) is 33.3. The molecular weight excluding hydrogens is 759 g/mol. The molecule has 0 N–H and O–H groups in total. The molecule has 0 atom stereocenters. The Labute approximate surface area is 356 Å². The molecule has 5 aromatic heterocycles. The lowest BCUT2D eigenvalue weighted by Gasteiger charge is -2.20. The van der Waals surface area contributed by atoms with Crippen molar-refractivity contribution >= 4 is 43.9 Å². The first-order chi connectivity index (χ1) is 30.8. The van der Waals surface area contributed by atoms with Gasteiger partial charge in [-0.25, -0.2) is 24.9 Å². The fourth-order valence-electron chi connectivity index (χ4n) is 9.01. The van der Waals surface area contributed by atoms with Crippen molar-refractivity contribution in [2.75, 3.05) is 0 Å². The van der Waals surface area contributed by atoms with Gasteiger partial charge in [-0.2, -0.15) is 0 Å². The zero-order chi connectivity index (χ0) is 41.0. The first-order valence-electron chi connectivity index (χ1n) is 20.7. The van der Waals surface area contributed by atoms with Crippen LogP contribution in [0.1, 0.15) is 0 Å². The molecule has 0 radical (unpaired) electrons. The highest BCUT2D eigenvalue weighted by Crippen LogP contribution is 2.43. The maximum atomic E-state index is 5.54. The second-order valence-electron chi connectivity index (χ2n) is 15.3. The molecule has 12 rings (SSSR count). The summed E-state index contributed by atoms with van der Waals surface area (Å²) in [7, 11) is 0. The van der Waals surface area contributed by atoms with E-state index in [1.165, 1.54) is 0 Å². The van der Waals surface area contributed by atoms with Crippen LogP contribution in [0, 0.1) is 0 Å². The van der Waals surface area contributed by atoms with Crippen LogP contribution in [0.25, 0.3) is 112 Å². The first kappa shape index (κ1) is 35.4. The van der Waals surface area contributed by atoms with E-state index in [1.54, 1.807) is 0 Å². The van der Waals surface area contributed by atoms with E-state index in [0.717, 1.165) is 94.2 Å². The second-order valence-corrected chi connectivity index (χ2v) is 15.3. The molecule has 0 saturated heterocycles. The predicted octanol–water partition coefficient (Wildman–Crippen LogP) is 13.2. The van der Waals surface area contributed by atoms with Gasteiger partial charge in [0.05, 0.1) is 22.4 Å². The molecule has 0 unspecified atom stereocenters. The summed E-state index contributed by atoms with van der Waals surface area (Å²) in [6.45, 7) is 0. The molecule has 62 heavy (non-hydrogen) atoms. The molecule has 7 aromatic carbocycles. The van der Waals surface area contributed by atoms with E-state index in [0.29, 0.717) is 17.5 Å². The van der Waals surface area contributed by atoms with Crippen molar-refractivity contribution in [2.45, 2.75) is 0 Å². The van der Waals surface area contributed by atoms with E-state index in [-0.39, 0.29) is 0 Å². The van der Waals surface area contributed by atoms with Gasteiger partial charge in [0.2, 0.25) is 0 Å². The quantitative estimate of drug-likeness (QED) is 0.161. The SMILES string of the molecule is c1ccc(-c2nc(-c3cccc(-c4ccccc4)c3-n3c4ccccc4c4cccnc43)nc(-c3cccc(-c4ccccc4)c3-n3c4ccccc4c4cccnc43)n2)cc1. The fraction of sp³-hybridized carbons (Fsp3) is 0. The molecule has 7 nitrogen and oxygen atoms in total. The summed E-state index contributed by atoms with van der Waals surface area (Å²) in [4.78, 5) is 26.3. The van der Waals surface area contributed by atoms with Gasteiger partial charge < -0.3 is 0 Å². The molecule has 0 aliphatic carbocycles. The van der Waals surface area contributed by atoms with E-state index in [4.69, 9.17) is 24.9 Å². The van der Waals surface area contributed by atoms with E-state index >= 15 is 0 Å². The van der Waals surface area contributed by atoms with Crippen molar-refractivity contribution in [1.82, 2.24) is 34.1 Å². The molecule has 7 heteroatoms. The van der Waals surface area contributed by atoms with Crippen LogP contribution < -0.4 is 0 Å². The van der Waals surface area contributed by atoms with Crippen molar-refractivity contribution in [3.63, 3.8) is 0 Å². The maximum absolute atomic E-state index is 5.54. The van der Waals surface area contributed by atoms with E-state index < -0.39 is 0 Å². The van der Waals surface area contributed by atoms with Crippen LogP contribution in [0.3, 0.4) is 0 Å². The number of fused-ring (bicyclic) bond motifs is 6. The van der Waals surface area contributed by atoms with Crippen molar-refractivity contribution in [1.29, 1.82) is 0 Å². The standard InChI is InChI=1S/C55H35N7/c1-4-18-36(19-5-1)39-26-14-28-45(49(39)61-47-32-12-10-24-41(47)43-30-16-34-56-54(43)61)52-58-51(38-22-8-3-9-23-38)59-53(60-52)46-29-15-27-40(37-20-6-2-7-21-37)50(46)62-48-33-13-11-25-42(48)44-31-17-35-57-55(44)62/h1-35H. The van der Waals surface area contributed by atoms with E-state index in [9.17, 15) is 0 Å². The number of rotatable bonds is 7. The number of para-hydroxylation sites is 4. The first-order valence-corrected chi connectivity index (χ1v) is 20.7. The van der Waals surface area contributed by atoms with Crippen molar-refractivity contribution < 1.29 is 0 Å². The van der Waals surface area contributed by atoms with Crippen LogP contribution in [0.5, 0.6) is 0 Å². The molecular formula is C55H35N7. The highest BCUT2D eigenvalue weighted by Gasteiger charge is 2.26. The number of hydrogen-bond acceptors (Lipinski definition) is 5. The Morgan fingerprint density at radius 3 is 1.11 bits per heavy atom. The molecule has 0 aliphatic heterocycles. The minimum absolute atomic E-state index is 0.542. The Hall–Kier alpha value is -8.55. The number of hydrogen-bond donors (Lipinski definition) is 0. The van der Waals surface area contributed by atoms with Gasteiger partial charge in [0, 0.05) is 61.8 Å². The molecule has 12 aromatic rings. The minimum atomic E-state index is 0.542. The number of nitrogens with zero attached hydrogens (tertiary/aromatic N) is 7. The van der Waals surface area contributed by atoms with Gasteiger partial charge in [-0.05, 0) is 59.7 Å². The molecule has 5 heterocycles. The monoisotopic (exact) mass is 793 g/mol. The Morgan fingerprint density at radius 2 is 0.645 bits per heavy atom. The smallest absolute Gasteiger partial charge is 0.166 e. The highest BCUT2D eigenvalue weighted by atomic mass is 15.1. The molecule has 0 fully saturated rings. The number of aromatic nitrogens is 7. The van der Waals surface area contributed by atoms with Gasteiger partial charge in [0.1, 0.15) is 11.3 Å². The maximum Gasteiger partial charge on any atom is 0.166 e. The van der Waals surface area contributed by atoms with Gasteiger partial charge in [-0.15, -0.1) is 0 Å². The summed E-state index contributed by atoms with van der Waals surface area (Å²) < 4.78 is 4.55. The van der Waals surface area contributed by atoms with Crippen molar-refractivity contribution in [2.24, 2.45) is 0 Å². The van der Waals surface area contributed by atoms with Crippen LogP contribution in [0.2, 0.25) is 0 Å². The lowest BCUT2D eigenvalue weighted by Crippen LogP contribution is -2.07. The Morgan fingerprint density at radius 1 is 0.274 bits per heavy atom. The molecule has 0 saturated carbocycles. The fourth-order valence-corrected chi connectivity index (χ4v) is 9.01. The van der Waals surface area contributed by atoms with Gasteiger partial charge in [0.15, 0.2) is 17.5 Å². The molecule has 0 bridgehead atoms. The summed E-state index contributed by atoms with van der Waals surface area (Å²) >= 11 is 0. The third kappa shape index (κ3) is 5.71. The van der Waals surface area contributed by atoms with Crippen LogP contribution >= 0.6 is 0 Å². The Kier molecular flexibility index (Phi) is 8.35. The minimum Gasteiger partial charge on any atom is -0.293 e. The lowest BCUT2D eigenvalue weighted by molar-refractivity contribution is 1.05. The van der Waals surface area contributed by atoms with Crippen LogP contribution in [-0.4, -0.2) is 34.1 Å². The Balaban J connectivity index is 1.21. The van der Waals surface area contributed by atoms with Crippen molar-refractivity contribution in [3.8, 4) is 67.8 Å². The van der Waals surface area contributed by atoms with Gasteiger partial charge >= 0.3 is 0 Å². The van der Waals surface area contributed by atoms with Gasteiger partial charge in [0.25, 0.3) is 0 Å². The number of benzene rings is 7. The molecule has 290 valence electrons. The van der Waals surface area contributed by atoms with Crippen LogP contribution in [-0.2, 0) is 0 Å². The molecule has 0 spiro atoms. The predicted molar refractivity (Wildman–Crippen MR) is 251 cm³/mol. The second kappa shape index (κ2) is 14.6. The summed E-state index contributed by atoms with van der Waals surface area (Å²) in [6.07, 6.45) is 3.73. The van der Waals surface area contributed by atoms with Crippen molar-refractivity contribution in [3.05, 3.63) is 213 Å². The third-order valence-corrected chi connectivity index (χ3v) is 11.7. The topological polar surface area (TPSA) is 74.3 Å². The molecule has 0 amide bonds. The average Bonchev–Trinajstić information content (AvgIpc) is 3.87. The van der Waals surface area contributed by atoms with Gasteiger partial charge in [-0.1, -0.05) is 152 Å². The zero-order valence-corrected chi connectivity index (χ0v) is 33.3. The summed E-state index contributed by atoms with van der Waals surface area (Å²) in [6, 6.07) is 69.3.